The van der Waals surface area contributed by atoms with Gasteiger partial charge in [-0.3, -0.25) is 0 Å². The number of carbonyl (C=O) groups excluding carboxylic acids is 1. The maximum absolute atomic E-state index is 12.5. The van der Waals surface area contributed by atoms with E-state index < -0.39 is 16.0 Å². The maximum Gasteiger partial charge on any atom is 0.376 e. The van der Waals surface area contributed by atoms with E-state index in [-0.39, 0.29) is 23.3 Å². The number of nitrogens with zero attached hydrogens (tertiary/aromatic N) is 4. The number of sulfonamides is 1. The average molecular weight is 450 g/mol. The van der Waals surface area contributed by atoms with Crippen molar-refractivity contribution in [2.24, 2.45) is 0 Å². The molecule has 0 radical (unpaired) electrons. The summed E-state index contributed by atoms with van der Waals surface area (Å²) in [5.41, 5.74) is 1.14. The molecule has 2 heterocycles. The first-order valence-electron chi connectivity index (χ1n) is 9.57. The predicted molar refractivity (Wildman–Crippen MR) is 118 cm³/mol. The van der Waals surface area contributed by atoms with Gasteiger partial charge in [-0.25, -0.2) is 37.9 Å². The topological polar surface area (TPSA) is 136 Å². The Balaban J connectivity index is 1.61. The Kier molecular flexibility index (Phi) is 5.90. The third kappa shape index (κ3) is 4.62. The predicted octanol–water partition coefficient (Wildman–Crippen LogP) is 3.14. The number of para-hydroxylation sites is 1. The van der Waals surface area contributed by atoms with Crippen LogP contribution >= 0.6 is 0 Å². The molecule has 2 aromatic heterocycles. The SMILES string of the molecule is CCOC(=O)c1nc(Nc2ccc(S(=O)(=O)Nc3ncccn3)cc2)c2ccccc2n1. The maximum atomic E-state index is 12.5. The van der Waals surface area contributed by atoms with Crippen molar-refractivity contribution in [2.75, 3.05) is 16.6 Å². The normalized spacial score (nSPS) is 11.2. The number of fused-ring (bicyclic) bond motifs is 1. The Morgan fingerprint density at radius 3 is 2.41 bits per heavy atom. The molecule has 0 aliphatic rings. The lowest BCUT2D eigenvalue weighted by Crippen LogP contribution is -2.14. The number of hydrogen-bond donors (Lipinski definition) is 2. The highest BCUT2D eigenvalue weighted by Crippen LogP contribution is 2.25. The Hall–Kier alpha value is -4.12. The Labute approximate surface area is 183 Å². The number of nitrogens with one attached hydrogen (secondary N) is 2. The van der Waals surface area contributed by atoms with E-state index >= 15 is 0 Å². The van der Waals surface area contributed by atoms with Crippen molar-refractivity contribution in [3.8, 4) is 0 Å². The van der Waals surface area contributed by atoms with E-state index in [0.29, 0.717) is 22.4 Å². The van der Waals surface area contributed by atoms with Gasteiger partial charge in [-0.15, -0.1) is 0 Å². The Morgan fingerprint density at radius 2 is 1.69 bits per heavy atom. The molecule has 0 aliphatic heterocycles. The molecule has 0 bridgehead atoms. The van der Waals surface area contributed by atoms with Crippen LogP contribution in [0.25, 0.3) is 10.9 Å². The molecule has 4 rings (SSSR count). The van der Waals surface area contributed by atoms with Gasteiger partial charge in [0.2, 0.25) is 11.8 Å². The third-order valence-corrected chi connectivity index (χ3v) is 5.62. The van der Waals surface area contributed by atoms with Crippen molar-refractivity contribution in [3.05, 3.63) is 72.8 Å². The minimum absolute atomic E-state index is 0.0198. The largest absolute Gasteiger partial charge is 0.460 e. The van der Waals surface area contributed by atoms with Gasteiger partial charge in [-0.1, -0.05) is 12.1 Å². The molecule has 0 spiro atoms. The molecule has 2 N–H and O–H groups in total. The highest BCUT2D eigenvalue weighted by atomic mass is 32.2. The third-order valence-electron chi connectivity index (χ3n) is 4.28. The van der Waals surface area contributed by atoms with E-state index in [4.69, 9.17) is 4.74 Å². The molecule has 0 atom stereocenters. The molecule has 162 valence electrons. The van der Waals surface area contributed by atoms with Crippen LogP contribution in [0.15, 0.2) is 71.9 Å². The Bertz CT molecular complexity index is 1360. The second-order valence-electron chi connectivity index (χ2n) is 6.46. The van der Waals surface area contributed by atoms with Gasteiger partial charge in [0.25, 0.3) is 10.0 Å². The van der Waals surface area contributed by atoms with Crippen LogP contribution in [0.2, 0.25) is 0 Å². The van der Waals surface area contributed by atoms with E-state index in [1.807, 2.05) is 12.1 Å². The molecule has 0 fully saturated rings. The standard InChI is InChI=1S/C21H18N6O4S/c1-2-31-20(28)19-25-17-7-4-3-6-16(17)18(26-19)24-14-8-10-15(11-9-14)32(29,30)27-21-22-12-5-13-23-21/h3-13H,2H2,1H3,(H,22,23,27)(H,24,25,26). The van der Waals surface area contributed by atoms with Gasteiger partial charge in [0.1, 0.15) is 5.82 Å². The summed E-state index contributed by atoms with van der Waals surface area (Å²) in [7, 11) is -3.85. The molecule has 0 saturated heterocycles. The minimum atomic E-state index is -3.85. The summed E-state index contributed by atoms with van der Waals surface area (Å²) in [6.45, 7) is 1.91. The summed E-state index contributed by atoms with van der Waals surface area (Å²) in [6, 6.07) is 14.8. The number of benzene rings is 2. The van der Waals surface area contributed by atoms with E-state index in [0.717, 1.165) is 0 Å². The van der Waals surface area contributed by atoms with Crippen molar-refractivity contribution in [2.45, 2.75) is 11.8 Å². The van der Waals surface area contributed by atoms with Crippen LogP contribution in [0.3, 0.4) is 0 Å². The number of carbonyl (C=O) groups is 1. The van der Waals surface area contributed by atoms with Crippen LogP contribution in [0, 0.1) is 0 Å². The van der Waals surface area contributed by atoms with Crippen molar-refractivity contribution in [1.29, 1.82) is 0 Å². The molecule has 2 aromatic carbocycles. The molecule has 0 aliphatic carbocycles. The summed E-state index contributed by atoms with van der Waals surface area (Å²) in [5.74, 6) is -0.324. The van der Waals surface area contributed by atoms with Gasteiger partial charge in [0.15, 0.2) is 0 Å². The van der Waals surface area contributed by atoms with Gasteiger partial charge in [-0.05, 0) is 49.4 Å². The van der Waals surface area contributed by atoms with Crippen LogP contribution in [0.5, 0.6) is 0 Å². The number of ether oxygens (including phenoxy) is 1. The number of hydrogen-bond acceptors (Lipinski definition) is 9. The number of esters is 1. The molecule has 10 nitrogen and oxygen atoms in total. The molecule has 11 heteroatoms. The zero-order valence-electron chi connectivity index (χ0n) is 16.9. The van der Waals surface area contributed by atoms with Crippen LogP contribution in [0.4, 0.5) is 17.5 Å². The van der Waals surface area contributed by atoms with Crippen LogP contribution in [-0.4, -0.2) is 40.9 Å². The zero-order chi connectivity index (χ0) is 22.6. The smallest absolute Gasteiger partial charge is 0.376 e. The molecule has 4 aromatic rings. The van der Waals surface area contributed by atoms with Gasteiger partial charge < -0.3 is 10.1 Å². The van der Waals surface area contributed by atoms with Crippen molar-refractivity contribution in [1.82, 2.24) is 19.9 Å². The van der Waals surface area contributed by atoms with E-state index in [1.54, 1.807) is 37.3 Å². The summed E-state index contributed by atoms with van der Waals surface area (Å²) in [5, 5.41) is 3.81. The van der Waals surface area contributed by atoms with E-state index in [9.17, 15) is 13.2 Å². The summed E-state index contributed by atoms with van der Waals surface area (Å²) < 4.78 is 32.4. The molecule has 0 saturated carbocycles. The fourth-order valence-electron chi connectivity index (χ4n) is 2.84. The summed E-state index contributed by atoms with van der Waals surface area (Å²) >= 11 is 0. The molecule has 0 amide bonds. The quantitative estimate of drug-likeness (QED) is 0.407. The average Bonchev–Trinajstić information content (AvgIpc) is 2.80. The van der Waals surface area contributed by atoms with E-state index in [2.05, 4.69) is 30.0 Å². The minimum Gasteiger partial charge on any atom is -0.460 e. The summed E-state index contributed by atoms with van der Waals surface area (Å²) in [6.07, 6.45) is 2.88. The zero-order valence-corrected chi connectivity index (χ0v) is 17.7. The lowest BCUT2D eigenvalue weighted by atomic mass is 10.2. The van der Waals surface area contributed by atoms with Gasteiger partial charge in [0.05, 0.1) is 17.0 Å². The molecule has 32 heavy (non-hydrogen) atoms. The van der Waals surface area contributed by atoms with Gasteiger partial charge >= 0.3 is 5.97 Å². The number of aromatic nitrogens is 4. The fourth-order valence-corrected chi connectivity index (χ4v) is 3.80. The first kappa shape index (κ1) is 21.1. The second kappa shape index (κ2) is 8.94. The first-order chi connectivity index (χ1) is 15.5. The van der Waals surface area contributed by atoms with Gasteiger partial charge in [-0.2, -0.15) is 0 Å². The van der Waals surface area contributed by atoms with Crippen molar-refractivity contribution >= 4 is 44.3 Å². The molecule has 0 unspecified atom stereocenters. The van der Waals surface area contributed by atoms with Crippen molar-refractivity contribution < 1.29 is 17.9 Å². The number of anilines is 3. The van der Waals surface area contributed by atoms with Crippen LogP contribution in [-0.2, 0) is 14.8 Å². The lowest BCUT2D eigenvalue weighted by Gasteiger charge is -2.11. The highest BCUT2D eigenvalue weighted by Gasteiger charge is 2.17. The van der Waals surface area contributed by atoms with Crippen LogP contribution < -0.4 is 10.0 Å². The fraction of sp³-hybridized carbons (Fsp3) is 0.0952. The number of rotatable bonds is 7. The van der Waals surface area contributed by atoms with Crippen LogP contribution in [0.1, 0.15) is 17.5 Å². The monoisotopic (exact) mass is 450 g/mol. The van der Waals surface area contributed by atoms with Gasteiger partial charge in [0, 0.05) is 23.5 Å². The van der Waals surface area contributed by atoms with E-state index in [1.165, 1.54) is 24.5 Å². The highest BCUT2D eigenvalue weighted by molar-refractivity contribution is 7.92. The molecular weight excluding hydrogens is 432 g/mol. The lowest BCUT2D eigenvalue weighted by molar-refractivity contribution is 0.0512. The Morgan fingerprint density at radius 1 is 0.969 bits per heavy atom. The first-order valence-corrected chi connectivity index (χ1v) is 11.1. The summed E-state index contributed by atoms with van der Waals surface area (Å²) in [4.78, 5) is 28.5. The van der Waals surface area contributed by atoms with Crippen molar-refractivity contribution in [3.63, 3.8) is 0 Å². The molecular formula is C21H18N6O4S. The second-order valence-corrected chi connectivity index (χ2v) is 8.14.